The summed E-state index contributed by atoms with van der Waals surface area (Å²) < 4.78 is 5.45. The lowest BCUT2D eigenvalue weighted by atomic mass is 9.92. The Bertz CT molecular complexity index is 551. The number of rotatable bonds is 7. The smallest absolute Gasteiger partial charge is 0.117 e. The molecule has 0 radical (unpaired) electrons. The fourth-order valence-electron chi connectivity index (χ4n) is 2.47. The van der Waals surface area contributed by atoms with E-state index in [2.05, 4.69) is 48.9 Å². The Labute approximate surface area is 132 Å². The predicted octanol–water partition coefficient (Wildman–Crippen LogP) is 3.07. The average molecular weight is 305 g/mol. The van der Waals surface area contributed by atoms with Gasteiger partial charge in [0.15, 0.2) is 0 Å². The molecule has 2 aromatic heterocycles. The van der Waals surface area contributed by atoms with Crippen molar-refractivity contribution in [2.75, 3.05) is 6.61 Å². The monoisotopic (exact) mass is 305 g/mol. The van der Waals surface area contributed by atoms with Crippen molar-refractivity contribution in [3.63, 3.8) is 0 Å². The first-order chi connectivity index (χ1) is 10.4. The van der Waals surface area contributed by atoms with Crippen LogP contribution in [0.2, 0.25) is 0 Å². The van der Waals surface area contributed by atoms with Gasteiger partial charge in [-0.15, -0.1) is 0 Å². The zero-order valence-corrected chi connectivity index (χ0v) is 14.0. The number of hydrogen-bond donors (Lipinski definition) is 2. The minimum atomic E-state index is 0.0295. The third-order valence-corrected chi connectivity index (χ3v) is 3.91. The van der Waals surface area contributed by atoms with E-state index in [1.807, 2.05) is 12.1 Å². The molecular formula is C17H27N3O2. The molecule has 5 heteroatoms. The van der Waals surface area contributed by atoms with E-state index in [4.69, 9.17) is 4.42 Å². The number of furan rings is 1. The molecule has 122 valence electrons. The first kappa shape index (κ1) is 16.8. The molecule has 22 heavy (non-hydrogen) atoms. The molecule has 1 unspecified atom stereocenters. The lowest BCUT2D eigenvalue weighted by molar-refractivity contribution is 0.0987. The van der Waals surface area contributed by atoms with Gasteiger partial charge >= 0.3 is 0 Å². The van der Waals surface area contributed by atoms with Gasteiger partial charge in [-0.2, -0.15) is 5.10 Å². The topological polar surface area (TPSA) is 65.3 Å². The Hall–Kier alpha value is -1.59. The fraction of sp³-hybridized carbons (Fsp3) is 0.588. The summed E-state index contributed by atoms with van der Waals surface area (Å²) >= 11 is 0. The van der Waals surface area contributed by atoms with Crippen molar-refractivity contribution in [3.05, 3.63) is 41.6 Å². The van der Waals surface area contributed by atoms with E-state index in [9.17, 15) is 5.11 Å². The minimum absolute atomic E-state index is 0.0295. The number of aromatic nitrogens is 2. The molecule has 0 spiro atoms. The van der Waals surface area contributed by atoms with Crippen molar-refractivity contribution in [2.45, 2.75) is 58.7 Å². The molecule has 0 aliphatic carbocycles. The summed E-state index contributed by atoms with van der Waals surface area (Å²) in [5.41, 5.74) is 2.14. The second-order valence-corrected chi connectivity index (χ2v) is 6.76. The average Bonchev–Trinajstić information content (AvgIpc) is 3.10. The van der Waals surface area contributed by atoms with Crippen LogP contribution in [0.5, 0.6) is 0 Å². The van der Waals surface area contributed by atoms with Crippen molar-refractivity contribution in [1.82, 2.24) is 15.1 Å². The van der Waals surface area contributed by atoms with Gasteiger partial charge in [0, 0.05) is 23.7 Å². The fourth-order valence-corrected chi connectivity index (χ4v) is 2.47. The number of nitrogens with one attached hydrogen (secondary N) is 1. The third kappa shape index (κ3) is 4.21. The molecule has 2 rings (SSSR count). The van der Waals surface area contributed by atoms with E-state index in [0.29, 0.717) is 13.1 Å². The van der Waals surface area contributed by atoms with Crippen LogP contribution in [0.3, 0.4) is 0 Å². The Morgan fingerprint density at radius 3 is 2.64 bits per heavy atom. The number of aromatic amines is 1. The molecule has 0 fully saturated rings. The quantitative estimate of drug-likeness (QED) is 0.825. The van der Waals surface area contributed by atoms with Crippen molar-refractivity contribution in [1.29, 1.82) is 0 Å². The number of aliphatic hydroxyl groups is 1. The second-order valence-electron chi connectivity index (χ2n) is 6.76. The Kier molecular flexibility index (Phi) is 5.42. The second kappa shape index (κ2) is 7.11. The normalized spacial score (nSPS) is 13.7. The van der Waals surface area contributed by atoms with Gasteiger partial charge in [0.05, 0.1) is 25.1 Å². The number of hydrogen-bond acceptors (Lipinski definition) is 4. The van der Waals surface area contributed by atoms with Gasteiger partial charge in [-0.1, -0.05) is 27.7 Å². The van der Waals surface area contributed by atoms with Gasteiger partial charge in [0.25, 0.3) is 0 Å². The lowest BCUT2D eigenvalue weighted by Crippen LogP contribution is -2.36. The minimum Gasteiger partial charge on any atom is -0.468 e. The van der Waals surface area contributed by atoms with Crippen LogP contribution in [-0.4, -0.2) is 32.9 Å². The predicted molar refractivity (Wildman–Crippen MR) is 86.4 cm³/mol. The SMILES string of the molecule is CCC(CO)N(Cc1cc(C(C)(C)C)n[nH]1)Cc1ccco1. The van der Waals surface area contributed by atoms with Crippen molar-refractivity contribution in [2.24, 2.45) is 0 Å². The van der Waals surface area contributed by atoms with E-state index in [1.54, 1.807) is 6.26 Å². The van der Waals surface area contributed by atoms with Crippen LogP contribution < -0.4 is 0 Å². The van der Waals surface area contributed by atoms with Crippen LogP contribution in [0.25, 0.3) is 0 Å². The number of nitrogens with zero attached hydrogens (tertiary/aromatic N) is 2. The van der Waals surface area contributed by atoms with E-state index in [-0.39, 0.29) is 18.1 Å². The van der Waals surface area contributed by atoms with Crippen LogP contribution in [0.1, 0.15) is 51.3 Å². The highest BCUT2D eigenvalue weighted by Crippen LogP contribution is 2.22. The van der Waals surface area contributed by atoms with E-state index >= 15 is 0 Å². The summed E-state index contributed by atoms with van der Waals surface area (Å²) in [6.07, 6.45) is 2.57. The highest BCUT2D eigenvalue weighted by Gasteiger charge is 2.21. The van der Waals surface area contributed by atoms with Crippen LogP contribution in [0, 0.1) is 0 Å². The molecule has 0 saturated carbocycles. The molecule has 1 atom stereocenters. The third-order valence-electron chi connectivity index (χ3n) is 3.91. The maximum absolute atomic E-state index is 9.64. The molecule has 2 N–H and O–H groups in total. The van der Waals surface area contributed by atoms with Crippen molar-refractivity contribution < 1.29 is 9.52 Å². The standard InChI is InChI=1S/C17H27N3O2/c1-5-14(12-21)20(11-15-7-6-8-22-15)10-13-9-16(19-18-13)17(2,3)4/h6-9,14,21H,5,10-12H2,1-4H3,(H,18,19). The maximum Gasteiger partial charge on any atom is 0.117 e. The Morgan fingerprint density at radius 2 is 2.14 bits per heavy atom. The Balaban J connectivity index is 2.13. The molecule has 0 saturated heterocycles. The summed E-state index contributed by atoms with van der Waals surface area (Å²) in [4.78, 5) is 2.22. The van der Waals surface area contributed by atoms with Gasteiger partial charge < -0.3 is 9.52 Å². The molecule has 2 heterocycles. The van der Waals surface area contributed by atoms with Gasteiger partial charge in [-0.3, -0.25) is 10.00 Å². The maximum atomic E-state index is 9.64. The van der Waals surface area contributed by atoms with Crippen molar-refractivity contribution >= 4 is 0 Å². The van der Waals surface area contributed by atoms with Crippen LogP contribution in [0.15, 0.2) is 28.9 Å². The van der Waals surface area contributed by atoms with Gasteiger partial charge in [0.1, 0.15) is 5.76 Å². The molecule has 0 amide bonds. The number of aliphatic hydroxyl groups excluding tert-OH is 1. The lowest BCUT2D eigenvalue weighted by Gasteiger charge is -2.28. The summed E-state index contributed by atoms with van der Waals surface area (Å²) in [6.45, 7) is 10.1. The molecule has 0 aromatic carbocycles. The summed E-state index contributed by atoms with van der Waals surface area (Å²) in [7, 11) is 0. The Morgan fingerprint density at radius 1 is 1.36 bits per heavy atom. The molecule has 0 aliphatic heterocycles. The first-order valence-electron chi connectivity index (χ1n) is 7.86. The van der Waals surface area contributed by atoms with Crippen LogP contribution in [0.4, 0.5) is 0 Å². The van der Waals surface area contributed by atoms with Crippen LogP contribution in [-0.2, 0) is 18.5 Å². The largest absolute Gasteiger partial charge is 0.468 e. The highest BCUT2D eigenvalue weighted by atomic mass is 16.3. The number of H-pyrrole nitrogens is 1. The van der Waals surface area contributed by atoms with Crippen molar-refractivity contribution in [3.8, 4) is 0 Å². The van der Waals surface area contributed by atoms with Gasteiger partial charge in [0.2, 0.25) is 0 Å². The zero-order valence-electron chi connectivity index (χ0n) is 14.0. The van der Waals surface area contributed by atoms with E-state index in [1.165, 1.54) is 0 Å². The molecule has 0 aliphatic rings. The summed E-state index contributed by atoms with van der Waals surface area (Å²) in [5, 5.41) is 17.2. The van der Waals surface area contributed by atoms with Gasteiger partial charge in [-0.05, 0) is 24.6 Å². The van der Waals surface area contributed by atoms with E-state index in [0.717, 1.165) is 23.6 Å². The van der Waals surface area contributed by atoms with E-state index < -0.39 is 0 Å². The van der Waals surface area contributed by atoms with Crippen LogP contribution >= 0.6 is 0 Å². The molecule has 0 bridgehead atoms. The zero-order chi connectivity index (χ0) is 16.2. The highest BCUT2D eigenvalue weighted by molar-refractivity contribution is 5.16. The summed E-state index contributed by atoms with van der Waals surface area (Å²) in [6, 6.07) is 6.07. The first-order valence-corrected chi connectivity index (χ1v) is 7.86. The van der Waals surface area contributed by atoms with Gasteiger partial charge in [-0.25, -0.2) is 0 Å². The molecule has 2 aromatic rings. The molecule has 5 nitrogen and oxygen atoms in total. The molecular weight excluding hydrogens is 278 g/mol. The summed E-state index contributed by atoms with van der Waals surface area (Å²) in [5.74, 6) is 0.905.